The smallest absolute Gasteiger partial charge is 0.337 e. The molecule has 1 aliphatic heterocycles. The van der Waals surface area contributed by atoms with Crippen LogP contribution in [0, 0.1) is 0 Å². The molecule has 0 saturated carbocycles. The minimum Gasteiger partial charge on any atom is -0.478 e. The predicted molar refractivity (Wildman–Crippen MR) is 72.2 cm³/mol. The molecule has 21 heavy (non-hydrogen) atoms. The summed E-state index contributed by atoms with van der Waals surface area (Å²) in [6, 6.07) is 3.25. The van der Waals surface area contributed by atoms with Gasteiger partial charge in [-0.15, -0.1) is 0 Å². The fourth-order valence-electron chi connectivity index (χ4n) is 1.73. The number of carbonyl (C=O) groups excluding carboxylic acids is 3. The summed E-state index contributed by atoms with van der Waals surface area (Å²) < 4.78 is 0. The van der Waals surface area contributed by atoms with E-state index < -0.39 is 30.4 Å². The van der Waals surface area contributed by atoms with Gasteiger partial charge in [-0.3, -0.25) is 14.5 Å². The molecule has 3 N–H and O–H groups in total. The zero-order valence-electron chi connectivity index (χ0n) is 10.6. The Kier molecular flexibility index (Phi) is 4.08. The maximum absolute atomic E-state index is 11.7. The molecule has 0 aromatic heterocycles. The monoisotopic (exact) mass is 311 g/mol. The number of halogens is 1. The lowest BCUT2D eigenvalue weighted by Crippen LogP contribution is -2.38. The molecule has 1 heterocycles. The van der Waals surface area contributed by atoms with Crippen molar-refractivity contribution in [1.29, 1.82) is 0 Å². The quantitative estimate of drug-likeness (QED) is 0.701. The van der Waals surface area contributed by atoms with E-state index in [1.807, 2.05) is 0 Å². The second-order valence-corrected chi connectivity index (χ2v) is 4.59. The van der Waals surface area contributed by atoms with Crippen LogP contribution in [0.15, 0.2) is 18.2 Å². The number of carboxylic acid groups (broad SMARTS) is 1. The zero-order valence-corrected chi connectivity index (χ0v) is 11.3. The Morgan fingerprint density at radius 1 is 1.38 bits per heavy atom. The molecule has 0 aliphatic carbocycles. The van der Waals surface area contributed by atoms with Gasteiger partial charge in [-0.2, -0.15) is 0 Å². The van der Waals surface area contributed by atoms with Crippen molar-refractivity contribution < 1.29 is 24.3 Å². The highest BCUT2D eigenvalue weighted by molar-refractivity contribution is 6.33. The van der Waals surface area contributed by atoms with E-state index in [0.29, 0.717) is 0 Å². The maximum atomic E-state index is 11.7. The van der Waals surface area contributed by atoms with E-state index >= 15 is 0 Å². The Labute approximate surface area is 123 Å². The lowest BCUT2D eigenvalue weighted by molar-refractivity contribution is -0.128. The molecule has 4 amide bonds. The van der Waals surface area contributed by atoms with Crippen LogP contribution < -0.4 is 10.6 Å². The molecule has 2 rings (SSSR count). The number of nitrogens with zero attached hydrogens (tertiary/aromatic N) is 1. The molecule has 1 aromatic carbocycles. The molecule has 9 heteroatoms. The van der Waals surface area contributed by atoms with Crippen LogP contribution in [0.25, 0.3) is 0 Å². The molecular weight excluding hydrogens is 302 g/mol. The van der Waals surface area contributed by atoms with E-state index in [2.05, 4.69) is 10.6 Å². The van der Waals surface area contributed by atoms with Gasteiger partial charge in [0, 0.05) is 5.69 Å². The fourth-order valence-corrected chi connectivity index (χ4v) is 1.99. The third-order valence-corrected chi connectivity index (χ3v) is 3.03. The molecule has 1 aliphatic rings. The summed E-state index contributed by atoms with van der Waals surface area (Å²) in [6.07, 6.45) is 0. The lowest BCUT2D eigenvalue weighted by atomic mass is 10.2. The SMILES string of the molecule is O=C(CN1C(=O)CNC1=O)Nc1ccc(C(=O)O)c(Cl)c1. The van der Waals surface area contributed by atoms with E-state index in [1.54, 1.807) is 0 Å². The summed E-state index contributed by atoms with van der Waals surface area (Å²) in [5.41, 5.74) is 0.172. The highest BCUT2D eigenvalue weighted by Crippen LogP contribution is 2.21. The molecule has 0 unspecified atom stereocenters. The first-order chi connectivity index (χ1) is 9.88. The summed E-state index contributed by atoms with van der Waals surface area (Å²) in [7, 11) is 0. The zero-order chi connectivity index (χ0) is 15.6. The number of carbonyl (C=O) groups is 4. The van der Waals surface area contributed by atoms with Crippen molar-refractivity contribution in [3.63, 3.8) is 0 Å². The molecule has 8 nitrogen and oxygen atoms in total. The third kappa shape index (κ3) is 3.29. The first-order valence-corrected chi connectivity index (χ1v) is 6.17. The van der Waals surface area contributed by atoms with Crippen LogP contribution in [0.2, 0.25) is 5.02 Å². The number of imide groups is 1. The Balaban J connectivity index is 2.03. The van der Waals surface area contributed by atoms with Crippen LogP contribution in [0.4, 0.5) is 10.5 Å². The lowest BCUT2D eigenvalue weighted by Gasteiger charge is -2.12. The summed E-state index contributed by atoms with van der Waals surface area (Å²) in [6.45, 7) is -0.561. The summed E-state index contributed by atoms with van der Waals surface area (Å²) in [5, 5.41) is 13.5. The normalized spacial score (nSPS) is 14.0. The van der Waals surface area contributed by atoms with Gasteiger partial charge < -0.3 is 15.7 Å². The van der Waals surface area contributed by atoms with Gasteiger partial charge in [0.25, 0.3) is 5.91 Å². The molecule has 1 saturated heterocycles. The van der Waals surface area contributed by atoms with E-state index in [1.165, 1.54) is 18.2 Å². The van der Waals surface area contributed by atoms with Crippen LogP contribution in [0.5, 0.6) is 0 Å². The number of aromatic carboxylic acids is 1. The number of nitrogens with one attached hydrogen (secondary N) is 2. The van der Waals surface area contributed by atoms with Crippen molar-refractivity contribution in [3.8, 4) is 0 Å². The van der Waals surface area contributed by atoms with Crippen molar-refractivity contribution in [2.45, 2.75) is 0 Å². The van der Waals surface area contributed by atoms with Crippen molar-refractivity contribution in [2.75, 3.05) is 18.4 Å². The molecular formula is C12H10ClN3O5. The van der Waals surface area contributed by atoms with Crippen molar-refractivity contribution >= 4 is 41.1 Å². The van der Waals surface area contributed by atoms with Gasteiger partial charge in [0.2, 0.25) is 5.91 Å². The average Bonchev–Trinajstić information content (AvgIpc) is 2.70. The Bertz CT molecular complexity index is 630. The van der Waals surface area contributed by atoms with Crippen LogP contribution in [0.3, 0.4) is 0 Å². The third-order valence-electron chi connectivity index (χ3n) is 2.72. The first-order valence-electron chi connectivity index (χ1n) is 5.79. The number of urea groups is 1. The number of hydrogen-bond acceptors (Lipinski definition) is 4. The van der Waals surface area contributed by atoms with Crippen LogP contribution in [-0.2, 0) is 9.59 Å². The van der Waals surface area contributed by atoms with Crippen LogP contribution in [0.1, 0.15) is 10.4 Å². The van der Waals surface area contributed by atoms with Gasteiger partial charge in [-0.05, 0) is 18.2 Å². The number of benzene rings is 1. The maximum Gasteiger partial charge on any atom is 0.337 e. The molecule has 0 radical (unpaired) electrons. The van der Waals surface area contributed by atoms with Gasteiger partial charge in [0.15, 0.2) is 0 Å². The van der Waals surface area contributed by atoms with Gasteiger partial charge in [0.1, 0.15) is 6.54 Å². The standard InChI is InChI=1S/C12H10ClN3O5/c13-8-3-6(1-2-7(8)11(19)20)15-9(17)5-16-10(18)4-14-12(16)21/h1-3H,4-5H2,(H,14,21)(H,15,17)(H,19,20). The molecule has 0 bridgehead atoms. The van der Waals surface area contributed by atoms with E-state index in [9.17, 15) is 19.2 Å². The van der Waals surface area contributed by atoms with Gasteiger partial charge in [0.05, 0.1) is 17.1 Å². The van der Waals surface area contributed by atoms with Crippen molar-refractivity contribution in [1.82, 2.24) is 10.2 Å². The summed E-state index contributed by atoms with van der Waals surface area (Å²) >= 11 is 5.76. The van der Waals surface area contributed by atoms with Gasteiger partial charge in [-0.25, -0.2) is 9.59 Å². The minimum absolute atomic E-state index is 0.0321. The summed E-state index contributed by atoms with van der Waals surface area (Å²) in [5.74, 6) is -2.27. The van der Waals surface area contributed by atoms with Gasteiger partial charge in [-0.1, -0.05) is 11.6 Å². The summed E-state index contributed by atoms with van der Waals surface area (Å²) in [4.78, 5) is 45.9. The molecule has 0 spiro atoms. The number of carboxylic acids is 1. The molecule has 0 atom stereocenters. The Morgan fingerprint density at radius 2 is 2.10 bits per heavy atom. The largest absolute Gasteiger partial charge is 0.478 e. The number of hydrogen-bond donors (Lipinski definition) is 3. The first kappa shape index (κ1) is 14.8. The van der Waals surface area contributed by atoms with E-state index in [0.717, 1.165) is 4.90 Å². The van der Waals surface area contributed by atoms with Crippen molar-refractivity contribution in [2.24, 2.45) is 0 Å². The minimum atomic E-state index is -1.18. The van der Waals surface area contributed by atoms with E-state index in [-0.39, 0.29) is 22.8 Å². The Hall–Kier alpha value is -2.61. The number of anilines is 1. The van der Waals surface area contributed by atoms with Crippen LogP contribution >= 0.6 is 11.6 Å². The highest BCUT2D eigenvalue weighted by atomic mass is 35.5. The average molecular weight is 312 g/mol. The van der Waals surface area contributed by atoms with Crippen LogP contribution in [-0.4, -0.2) is 46.9 Å². The fraction of sp³-hybridized carbons (Fsp3) is 0.167. The second kappa shape index (κ2) is 5.80. The van der Waals surface area contributed by atoms with Gasteiger partial charge >= 0.3 is 12.0 Å². The van der Waals surface area contributed by atoms with Crippen molar-refractivity contribution in [3.05, 3.63) is 28.8 Å². The predicted octanol–water partition coefficient (Wildman–Crippen LogP) is 0.528. The second-order valence-electron chi connectivity index (χ2n) is 4.19. The van der Waals surface area contributed by atoms with E-state index in [4.69, 9.17) is 16.7 Å². The molecule has 1 aromatic rings. The topological polar surface area (TPSA) is 116 Å². The number of rotatable bonds is 4. The highest BCUT2D eigenvalue weighted by Gasteiger charge is 2.30. The number of amides is 4. The molecule has 1 fully saturated rings. The molecule has 110 valence electrons. The Morgan fingerprint density at radius 3 is 2.62 bits per heavy atom.